The average Bonchev–Trinajstić information content (AvgIpc) is 2.43. The van der Waals surface area contributed by atoms with Crippen molar-refractivity contribution in [3.63, 3.8) is 0 Å². The number of piperazine rings is 1. The number of hydrogen-bond acceptors (Lipinski definition) is 3. The summed E-state index contributed by atoms with van der Waals surface area (Å²) in [5, 5.41) is 11.8. The Balaban J connectivity index is 2.13. The monoisotopic (exact) mass is 261 g/mol. The lowest BCUT2D eigenvalue weighted by Gasteiger charge is -2.32. The molecule has 1 fully saturated rings. The van der Waals surface area contributed by atoms with E-state index in [4.69, 9.17) is 5.26 Å². The summed E-state index contributed by atoms with van der Waals surface area (Å²) < 4.78 is 13.8. The van der Waals surface area contributed by atoms with Gasteiger partial charge >= 0.3 is 0 Å². The Morgan fingerprint density at radius 3 is 3.00 bits per heavy atom. The van der Waals surface area contributed by atoms with Crippen LogP contribution in [-0.2, 0) is 11.3 Å². The zero-order chi connectivity index (χ0) is 13.8. The zero-order valence-corrected chi connectivity index (χ0v) is 10.8. The summed E-state index contributed by atoms with van der Waals surface area (Å²) in [6.45, 7) is 3.51. The van der Waals surface area contributed by atoms with Crippen molar-refractivity contribution in [1.29, 1.82) is 5.26 Å². The first-order valence-corrected chi connectivity index (χ1v) is 6.36. The van der Waals surface area contributed by atoms with E-state index in [2.05, 4.69) is 5.32 Å². The van der Waals surface area contributed by atoms with Crippen molar-refractivity contribution < 1.29 is 9.18 Å². The van der Waals surface area contributed by atoms with E-state index in [1.807, 2.05) is 13.0 Å². The van der Waals surface area contributed by atoms with E-state index in [-0.39, 0.29) is 18.5 Å². The summed E-state index contributed by atoms with van der Waals surface area (Å²) in [7, 11) is 0. The van der Waals surface area contributed by atoms with Crippen molar-refractivity contribution in [2.45, 2.75) is 25.9 Å². The topological polar surface area (TPSA) is 56.1 Å². The molecule has 0 radical (unpaired) electrons. The van der Waals surface area contributed by atoms with Gasteiger partial charge in [0, 0.05) is 25.2 Å². The van der Waals surface area contributed by atoms with E-state index >= 15 is 0 Å². The fraction of sp³-hybridized carbons (Fsp3) is 0.429. The number of benzene rings is 1. The van der Waals surface area contributed by atoms with Gasteiger partial charge in [-0.05, 0) is 18.6 Å². The van der Waals surface area contributed by atoms with Crippen LogP contribution in [0.15, 0.2) is 18.2 Å². The number of rotatable bonds is 3. The number of nitrogens with one attached hydrogen (secondary N) is 1. The Morgan fingerprint density at radius 2 is 2.37 bits per heavy atom. The summed E-state index contributed by atoms with van der Waals surface area (Å²) in [4.78, 5) is 13.7. The van der Waals surface area contributed by atoms with Gasteiger partial charge in [-0.25, -0.2) is 4.39 Å². The van der Waals surface area contributed by atoms with Crippen LogP contribution in [0.1, 0.15) is 24.5 Å². The summed E-state index contributed by atoms with van der Waals surface area (Å²) in [5.74, 6) is -0.420. The highest BCUT2D eigenvalue weighted by atomic mass is 19.1. The summed E-state index contributed by atoms with van der Waals surface area (Å²) in [5.41, 5.74) is 0.739. The van der Waals surface area contributed by atoms with Gasteiger partial charge in [0.15, 0.2) is 0 Å². The zero-order valence-electron chi connectivity index (χ0n) is 10.8. The molecule has 1 heterocycles. The molecule has 1 unspecified atom stereocenters. The van der Waals surface area contributed by atoms with Gasteiger partial charge in [-0.1, -0.05) is 13.0 Å². The Hall–Kier alpha value is -1.93. The van der Waals surface area contributed by atoms with Crippen LogP contribution in [0.5, 0.6) is 0 Å². The van der Waals surface area contributed by atoms with Crippen LogP contribution in [0, 0.1) is 17.1 Å². The Morgan fingerprint density at radius 1 is 1.58 bits per heavy atom. The minimum atomic E-state index is -0.432. The highest BCUT2D eigenvalue weighted by Crippen LogP contribution is 2.15. The van der Waals surface area contributed by atoms with Gasteiger partial charge in [0.05, 0.1) is 17.7 Å². The highest BCUT2D eigenvalue weighted by Gasteiger charge is 2.27. The molecule has 4 nitrogen and oxygen atoms in total. The summed E-state index contributed by atoms with van der Waals surface area (Å²) >= 11 is 0. The second-order valence-corrected chi connectivity index (χ2v) is 4.59. The third kappa shape index (κ3) is 2.91. The van der Waals surface area contributed by atoms with Crippen LogP contribution >= 0.6 is 0 Å². The van der Waals surface area contributed by atoms with Crippen molar-refractivity contribution in [2.75, 3.05) is 13.1 Å². The van der Waals surface area contributed by atoms with Gasteiger partial charge in [0.25, 0.3) is 0 Å². The molecule has 1 atom stereocenters. The van der Waals surface area contributed by atoms with E-state index < -0.39 is 5.82 Å². The molecular weight excluding hydrogens is 245 g/mol. The summed E-state index contributed by atoms with van der Waals surface area (Å²) in [6, 6.07) is 6.07. The standard InChI is InChI=1S/C14H16FN3O/c1-2-13-14(19)18(6-5-17-13)9-11-4-3-10(8-16)7-12(11)15/h3-4,7,13,17H,2,5-6,9H2,1H3. The van der Waals surface area contributed by atoms with Crippen molar-refractivity contribution in [3.8, 4) is 6.07 Å². The van der Waals surface area contributed by atoms with Crippen molar-refractivity contribution in [3.05, 3.63) is 35.1 Å². The number of carbonyl (C=O) groups excluding carboxylic acids is 1. The minimum Gasteiger partial charge on any atom is -0.336 e. The van der Waals surface area contributed by atoms with Gasteiger partial charge in [-0.15, -0.1) is 0 Å². The molecule has 0 bridgehead atoms. The molecule has 1 aliphatic rings. The maximum atomic E-state index is 13.8. The maximum Gasteiger partial charge on any atom is 0.240 e. The van der Waals surface area contributed by atoms with E-state index in [1.54, 1.807) is 17.0 Å². The molecule has 0 aromatic heterocycles. The molecular formula is C14H16FN3O. The number of hydrogen-bond donors (Lipinski definition) is 1. The summed E-state index contributed by atoms with van der Waals surface area (Å²) in [6.07, 6.45) is 0.727. The normalized spacial score (nSPS) is 19.3. The molecule has 0 spiro atoms. The van der Waals surface area contributed by atoms with Gasteiger partial charge in [0.1, 0.15) is 5.82 Å². The third-order valence-corrected chi connectivity index (χ3v) is 3.33. The van der Waals surface area contributed by atoms with Crippen LogP contribution in [0.25, 0.3) is 0 Å². The van der Waals surface area contributed by atoms with Crippen LogP contribution in [0.2, 0.25) is 0 Å². The second-order valence-electron chi connectivity index (χ2n) is 4.59. The molecule has 2 rings (SSSR count). The van der Waals surface area contributed by atoms with Gasteiger partial charge in [0.2, 0.25) is 5.91 Å². The van der Waals surface area contributed by atoms with Crippen molar-refractivity contribution >= 4 is 5.91 Å². The first kappa shape index (κ1) is 13.5. The number of nitrogens with zero attached hydrogens (tertiary/aromatic N) is 2. The van der Waals surface area contributed by atoms with Crippen LogP contribution in [-0.4, -0.2) is 29.9 Å². The fourth-order valence-corrected chi connectivity index (χ4v) is 2.22. The molecule has 19 heavy (non-hydrogen) atoms. The third-order valence-electron chi connectivity index (χ3n) is 3.33. The molecule has 0 aliphatic carbocycles. The molecule has 0 saturated carbocycles. The SMILES string of the molecule is CCC1NCCN(Cc2ccc(C#N)cc2F)C1=O. The first-order chi connectivity index (χ1) is 9.15. The van der Waals surface area contributed by atoms with Crippen molar-refractivity contribution in [1.82, 2.24) is 10.2 Å². The van der Waals surface area contributed by atoms with Gasteiger partial charge in [-0.3, -0.25) is 4.79 Å². The molecule has 1 aliphatic heterocycles. The number of halogens is 1. The van der Waals surface area contributed by atoms with Crippen LogP contribution in [0.4, 0.5) is 4.39 Å². The molecule has 100 valence electrons. The quantitative estimate of drug-likeness (QED) is 0.895. The predicted molar refractivity (Wildman–Crippen MR) is 68.6 cm³/mol. The Labute approximate surface area is 111 Å². The molecule has 5 heteroatoms. The first-order valence-electron chi connectivity index (χ1n) is 6.36. The molecule has 1 aromatic carbocycles. The molecule has 1 amide bonds. The van der Waals surface area contributed by atoms with E-state index in [0.717, 1.165) is 13.0 Å². The highest BCUT2D eigenvalue weighted by molar-refractivity contribution is 5.82. The Kier molecular flexibility index (Phi) is 4.13. The number of nitriles is 1. The maximum absolute atomic E-state index is 13.8. The predicted octanol–water partition coefficient (Wildman–Crippen LogP) is 1.41. The van der Waals surface area contributed by atoms with Gasteiger partial charge in [-0.2, -0.15) is 5.26 Å². The molecule has 1 N–H and O–H groups in total. The lowest BCUT2D eigenvalue weighted by molar-refractivity contribution is -0.136. The lowest BCUT2D eigenvalue weighted by atomic mass is 10.1. The van der Waals surface area contributed by atoms with Crippen LogP contribution in [0.3, 0.4) is 0 Å². The fourth-order valence-electron chi connectivity index (χ4n) is 2.22. The van der Waals surface area contributed by atoms with Crippen molar-refractivity contribution in [2.24, 2.45) is 0 Å². The largest absolute Gasteiger partial charge is 0.336 e. The van der Waals surface area contributed by atoms with Crippen LogP contribution < -0.4 is 5.32 Å². The molecule has 1 saturated heterocycles. The minimum absolute atomic E-state index is 0.0116. The number of amides is 1. The van der Waals surface area contributed by atoms with E-state index in [9.17, 15) is 9.18 Å². The van der Waals surface area contributed by atoms with E-state index in [1.165, 1.54) is 6.07 Å². The molecule has 1 aromatic rings. The lowest BCUT2D eigenvalue weighted by Crippen LogP contribution is -2.54. The average molecular weight is 261 g/mol. The second kappa shape index (κ2) is 5.81. The Bertz CT molecular complexity index is 524. The number of carbonyl (C=O) groups is 1. The smallest absolute Gasteiger partial charge is 0.240 e. The van der Waals surface area contributed by atoms with E-state index in [0.29, 0.717) is 17.7 Å². The van der Waals surface area contributed by atoms with Gasteiger partial charge < -0.3 is 10.2 Å².